The Morgan fingerprint density at radius 2 is 2.00 bits per heavy atom. The van der Waals surface area contributed by atoms with Crippen LogP contribution in [0, 0.1) is 11.7 Å². The van der Waals surface area contributed by atoms with Gasteiger partial charge in [-0.05, 0) is 24.1 Å². The van der Waals surface area contributed by atoms with Gasteiger partial charge in [0.05, 0.1) is 7.11 Å². The maximum absolute atomic E-state index is 12.8. The van der Waals surface area contributed by atoms with Crippen LogP contribution in [0.25, 0.3) is 0 Å². The fourth-order valence-corrected chi connectivity index (χ4v) is 2.47. The highest BCUT2D eigenvalue weighted by Crippen LogP contribution is 2.16. The lowest BCUT2D eigenvalue weighted by Crippen LogP contribution is -2.47. The Kier molecular flexibility index (Phi) is 5.25. The molecule has 0 radical (unpaired) electrons. The maximum Gasteiger partial charge on any atom is 0.318 e. The molecule has 5 nitrogen and oxygen atoms in total. The number of hydrogen-bond acceptors (Lipinski definition) is 4. The summed E-state index contributed by atoms with van der Waals surface area (Å²) in [4.78, 5) is 37.0. The zero-order chi connectivity index (χ0) is 16.1. The molecule has 1 aromatic carbocycles. The van der Waals surface area contributed by atoms with Crippen LogP contribution in [-0.4, -0.2) is 42.8 Å². The Labute approximate surface area is 128 Å². The Bertz CT molecular complexity index is 562. The van der Waals surface area contributed by atoms with E-state index in [-0.39, 0.29) is 36.9 Å². The molecule has 1 saturated heterocycles. The Morgan fingerprint density at radius 3 is 2.64 bits per heavy atom. The minimum Gasteiger partial charge on any atom is -0.468 e. The minimum absolute atomic E-state index is 0.0771. The summed E-state index contributed by atoms with van der Waals surface area (Å²) >= 11 is 0. The van der Waals surface area contributed by atoms with Gasteiger partial charge in [-0.1, -0.05) is 12.1 Å². The molecule has 0 bridgehead atoms. The fraction of sp³-hybridized carbons (Fsp3) is 0.438. The van der Waals surface area contributed by atoms with Crippen LogP contribution in [0.15, 0.2) is 24.3 Å². The summed E-state index contributed by atoms with van der Waals surface area (Å²) in [6, 6.07) is 5.98. The van der Waals surface area contributed by atoms with Gasteiger partial charge in [-0.3, -0.25) is 14.4 Å². The van der Waals surface area contributed by atoms with Crippen LogP contribution in [0.3, 0.4) is 0 Å². The SMILES string of the molecule is COC(=O)C1CN(C(=O)CCc2ccc(F)cc2)CCC1=O. The van der Waals surface area contributed by atoms with Gasteiger partial charge in [0.1, 0.15) is 11.7 Å². The highest BCUT2D eigenvalue weighted by Gasteiger charge is 2.35. The Balaban J connectivity index is 1.90. The number of nitrogens with zero attached hydrogens (tertiary/aromatic N) is 1. The van der Waals surface area contributed by atoms with Gasteiger partial charge in [0, 0.05) is 25.9 Å². The first-order chi connectivity index (χ1) is 10.5. The van der Waals surface area contributed by atoms with E-state index in [1.54, 1.807) is 12.1 Å². The monoisotopic (exact) mass is 307 g/mol. The van der Waals surface area contributed by atoms with Crippen LogP contribution in [0.1, 0.15) is 18.4 Å². The van der Waals surface area contributed by atoms with Crippen LogP contribution in [0.2, 0.25) is 0 Å². The molecule has 1 fully saturated rings. The van der Waals surface area contributed by atoms with Crippen LogP contribution in [0.5, 0.6) is 0 Å². The smallest absolute Gasteiger partial charge is 0.318 e. The van der Waals surface area contributed by atoms with Crippen molar-refractivity contribution < 1.29 is 23.5 Å². The zero-order valence-electron chi connectivity index (χ0n) is 12.4. The van der Waals surface area contributed by atoms with Gasteiger partial charge < -0.3 is 9.64 Å². The second kappa shape index (κ2) is 7.15. The molecule has 6 heteroatoms. The first-order valence-corrected chi connectivity index (χ1v) is 7.14. The molecule has 0 N–H and O–H groups in total. The number of carbonyl (C=O) groups is 3. The topological polar surface area (TPSA) is 63.7 Å². The molecule has 0 saturated carbocycles. The lowest BCUT2D eigenvalue weighted by atomic mass is 9.96. The number of hydrogen-bond donors (Lipinski definition) is 0. The van der Waals surface area contributed by atoms with Gasteiger partial charge in [0.2, 0.25) is 5.91 Å². The van der Waals surface area contributed by atoms with Gasteiger partial charge in [-0.2, -0.15) is 0 Å². The first kappa shape index (κ1) is 16.1. The van der Waals surface area contributed by atoms with Gasteiger partial charge >= 0.3 is 5.97 Å². The predicted molar refractivity (Wildman–Crippen MR) is 76.4 cm³/mol. The van der Waals surface area contributed by atoms with Crippen molar-refractivity contribution in [1.82, 2.24) is 4.90 Å². The molecule has 1 aromatic rings. The van der Waals surface area contributed by atoms with E-state index in [0.29, 0.717) is 13.0 Å². The van der Waals surface area contributed by atoms with E-state index in [2.05, 4.69) is 4.74 Å². The lowest BCUT2D eigenvalue weighted by Gasteiger charge is -2.30. The molecule has 22 heavy (non-hydrogen) atoms. The Morgan fingerprint density at radius 1 is 1.32 bits per heavy atom. The third kappa shape index (κ3) is 3.90. The third-order valence-electron chi connectivity index (χ3n) is 3.80. The van der Waals surface area contributed by atoms with Gasteiger partial charge in [-0.15, -0.1) is 0 Å². The van der Waals surface area contributed by atoms with Crippen LogP contribution < -0.4 is 0 Å². The molecule has 1 aliphatic rings. The number of aryl methyl sites for hydroxylation is 1. The van der Waals surface area contributed by atoms with E-state index in [4.69, 9.17) is 0 Å². The van der Waals surface area contributed by atoms with E-state index >= 15 is 0 Å². The van der Waals surface area contributed by atoms with Crippen molar-refractivity contribution in [3.8, 4) is 0 Å². The predicted octanol–water partition coefficient (Wildman–Crippen LogP) is 1.35. The highest BCUT2D eigenvalue weighted by molar-refractivity contribution is 6.00. The molecule has 1 unspecified atom stereocenters. The normalized spacial score (nSPS) is 18.2. The molecule has 2 rings (SSSR count). The van der Waals surface area contributed by atoms with Crippen LogP contribution >= 0.6 is 0 Å². The van der Waals surface area contributed by atoms with Crippen LogP contribution in [-0.2, 0) is 25.5 Å². The molecule has 1 amide bonds. The van der Waals surface area contributed by atoms with Crippen molar-refractivity contribution in [3.05, 3.63) is 35.6 Å². The largest absolute Gasteiger partial charge is 0.468 e. The molecular formula is C16H18FNO4. The summed E-state index contributed by atoms with van der Waals surface area (Å²) in [5.74, 6) is -2.10. The second-order valence-corrected chi connectivity index (χ2v) is 5.26. The van der Waals surface area contributed by atoms with E-state index in [9.17, 15) is 18.8 Å². The van der Waals surface area contributed by atoms with E-state index in [1.807, 2.05) is 0 Å². The molecule has 1 heterocycles. The van der Waals surface area contributed by atoms with E-state index < -0.39 is 11.9 Å². The van der Waals surface area contributed by atoms with Crippen molar-refractivity contribution in [2.45, 2.75) is 19.3 Å². The van der Waals surface area contributed by atoms with Gasteiger partial charge in [0.15, 0.2) is 5.78 Å². The number of esters is 1. The number of carbonyl (C=O) groups excluding carboxylic acids is 3. The second-order valence-electron chi connectivity index (χ2n) is 5.26. The number of ketones is 1. The zero-order valence-corrected chi connectivity index (χ0v) is 12.4. The maximum atomic E-state index is 12.8. The number of likely N-dealkylation sites (tertiary alicyclic amines) is 1. The Hall–Kier alpha value is -2.24. The highest BCUT2D eigenvalue weighted by atomic mass is 19.1. The summed E-state index contributed by atoms with van der Waals surface area (Å²) in [6.07, 6.45) is 0.919. The molecule has 0 aromatic heterocycles. The quantitative estimate of drug-likeness (QED) is 0.622. The number of methoxy groups -OCH3 is 1. The number of Topliss-reactive ketones (excluding diaryl/α,β-unsaturated/α-hetero) is 1. The summed E-state index contributed by atoms with van der Waals surface area (Å²) in [5, 5.41) is 0. The number of benzene rings is 1. The molecule has 118 valence electrons. The van der Waals surface area contributed by atoms with Crippen LogP contribution in [0.4, 0.5) is 4.39 Å². The minimum atomic E-state index is -0.881. The summed E-state index contributed by atoms with van der Waals surface area (Å²) in [5.41, 5.74) is 0.868. The van der Waals surface area contributed by atoms with E-state index in [1.165, 1.54) is 24.1 Å². The summed E-state index contributed by atoms with van der Waals surface area (Å²) in [7, 11) is 1.23. The van der Waals surface area contributed by atoms with Crippen molar-refractivity contribution in [3.63, 3.8) is 0 Å². The molecule has 1 atom stereocenters. The average molecular weight is 307 g/mol. The van der Waals surface area contributed by atoms with Crippen molar-refractivity contribution >= 4 is 17.7 Å². The van der Waals surface area contributed by atoms with Gasteiger partial charge in [0.25, 0.3) is 0 Å². The van der Waals surface area contributed by atoms with E-state index in [0.717, 1.165) is 5.56 Å². The number of rotatable bonds is 4. The summed E-state index contributed by atoms with van der Waals surface area (Å²) in [6.45, 7) is 0.405. The molecule has 0 aliphatic carbocycles. The number of amides is 1. The standard InChI is InChI=1S/C16H18FNO4/c1-22-16(21)13-10-18(9-8-14(13)19)15(20)7-4-11-2-5-12(17)6-3-11/h2-3,5-6,13H,4,7-10H2,1H3. The molecule has 1 aliphatic heterocycles. The number of piperidine rings is 1. The first-order valence-electron chi connectivity index (χ1n) is 7.14. The molecule has 0 spiro atoms. The summed E-state index contributed by atoms with van der Waals surface area (Å²) < 4.78 is 17.4. The van der Waals surface area contributed by atoms with Crippen molar-refractivity contribution in [2.24, 2.45) is 5.92 Å². The third-order valence-corrected chi connectivity index (χ3v) is 3.80. The number of ether oxygens (including phenoxy) is 1. The lowest BCUT2D eigenvalue weighted by molar-refractivity contribution is -0.153. The molecular weight excluding hydrogens is 289 g/mol. The van der Waals surface area contributed by atoms with Gasteiger partial charge in [-0.25, -0.2) is 4.39 Å². The van der Waals surface area contributed by atoms with Crippen molar-refractivity contribution in [2.75, 3.05) is 20.2 Å². The fourth-order valence-electron chi connectivity index (χ4n) is 2.47. The average Bonchev–Trinajstić information content (AvgIpc) is 2.53. The van der Waals surface area contributed by atoms with Crippen molar-refractivity contribution in [1.29, 1.82) is 0 Å². The number of halogens is 1.